The van der Waals surface area contributed by atoms with Gasteiger partial charge in [0.15, 0.2) is 0 Å². The molecule has 1 aromatic rings. The number of likely N-dealkylation sites (tertiary alicyclic amines) is 1. The Morgan fingerprint density at radius 1 is 1.22 bits per heavy atom. The molecule has 1 aromatic carbocycles. The van der Waals surface area contributed by atoms with E-state index in [4.69, 9.17) is 7.85 Å². The van der Waals surface area contributed by atoms with Crippen molar-refractivity contribution in [2.45, 2.75) is 32.2 Å². The molecule has 0 aromatic heterocycles. The van der Waals surface area contributed by atoms with Crippen molar-refractivity contribution in [3.8, 4) is 0 Å². The van der Waals surface area contributed by atoms with Crippen LogP contribution in [0.15, 0.2) is 24.3 Å². The molecule has 2 rings (SSSR count). The molecular weight excluding hydrogens is 248 g/mol. The van der Waals surface area contributed by atoms with Crippen LogP contribution in [-0.2, 0) is 6.42 Å². The molecule has 5 heteroatoms. The van der Waals surface area contributed by atoms with E-state index < -0.39 is 0 Å². The molecule has 1 aliphatic rings. The maximum absolute atomic E-state index is 5.66. The molecule has 1 atom stereocenters. The first-order valence-corrected chi connectivity index (χ1v) is 5.84. The zero-order valence-electron chi connectivity index (χ0n) is 10.7. The van der Waals surface area contributed by atoms with E-state index in [-0.39, 0.29) is 23.4 Å². The van der Waals surface area contributed by atoms with Crippen LogP contribution in [0.3, 0.4) is 0 Å². The molecule has 1 fully saturated rings. The van der Waals surface area contributed by atoms with Crippen molar-refractivity contribution in [2.24, 2.45) is 0 Å². The summed E-state index contributed by atoms with van der Waals surface area (Å²) in [4.78, 5) is 2.58. The molecule has 1 saturated heterocycles. The Hall–Kier alpha value is -0.545. The minimum Gasteiger partial charge on any atom is -0.870 e. The van der Waals surface area contributed by atoms with Crippen molar-refractivity contribution in [3.63, 3.8) is 0 Å². The SMILES string of the molecule is Cl.[B+2]c1ccc(CCN2CCC[C@H]2C)cc1.[OH-].[OH-]. The van der Waals surface area contributed by atoms with Crippen molar-refractivity contribution in [1.29, 1.82) is 0 Å². The van der Waals surface area contributed by atoms with E-state index in [1.54, 1.807) is 0 Å². The zero-order valence-corrected chi connectivity index (χ0v) is 11.6. The summed E-state index contributed by atoms with van der Waals surface area (Å²) in [5, 5.41) is 0. The fourth-order valence-electron chi connectivity index (χ4n) is 2.28. The van der Waals surface area contributed by atoms with E-state index in [0.717, 1.165) is 17.9 Å². The Kier molecular flexibility index (Phi) is 10.3. The predicted octanol–water partition coefficient (Wildman–Crippen LogP) is 1.58. The molecule has 0 bridgehead atoms. The first-order chi connectivity index (χ1) is 7.25. The van der Waals surface area contributed by atoms with Gasteiger partial charge in [-0.15, -0.1) is 12.4 Å². The minimum absolute atomic E-state index is 0. The van der Waals surface area contributed by atoms with Gasteiger partial charge in [-0.3, -0.25) is 0 Å². The number of hydrogen-bond acceptors (Lipinski definition) is 3. The Morgan fingerprint density at radius 3 is 2.33 bits per heavy atom. The molecule has 2 N–H and O–H groups in total. The third-order valence-corrected chi connectivity index (χ3v) is 3.36. The van der Waals surface area contributed by atoms with E-state index in [0.29, 0.717) is 0 Å². The normalized spacial score (nSPS) is 18.5. The second-order valence-electron chi connectivity index (χ2n) is 4.52. The van der Waals surface area contributed by atoms with Crippen LogP contribution in [0, 0.1) is 0 Å². The van der Waals surface area contributed by atoms with Crippen LogP contribution in [0.2, 0.25) is 0 Å². The van der Waals surface area contributed by atoms with Gasteiger partial charge in [0.25, 0.3) is 0 Å². The number of benzene rings is 1. The van der Waals surface area contributed by atoms with Gasteiger partial charge in [-0.05, 0) is 0 Å². The van der Waals surface area contributed by atoms with E-state index >= 15 is 0 Å². The van der Waals surface area contributed by atoms with Gasteiger partial charge in [-0.1, -0.05) is 0 Å². The van der Waals surface area contributed by atoms with Crippen LogP contribution in [0.25, 0.3) is 0 Å². The van der Waals surface area contributed by atoms with Crippen molar-refractivity contribution >= 4 is 25.7 Å². The molecule has 0 spiro atoms. The maximum atomic E-state index is 5.66. The van der Waals surface area contributed by atoms with Gasteiger partial charge in [0.1, 0.15) is 0 Å². The second kappa shape index (κ2) is 9.39. The molecule has 1 aliphatic heterocycles. The van der Waals surface area contributed by atoms with Crippen molar-refractivity contribution in [2.75, 3.05) is 13.1 Å². The number of halogens is 1. The van der Waals surface area contributed by atoms with E-state index in [2.05, 4.69) is 24.0 Å². The van der Waals surface area contributed by atoms with E-state index in [1.165, 1.54) is 31.5 Å². The minimum atomic E-state index is 0. The molecule has 18 heavy (non-hydrogen) atoms. The van der Waals surface area contributed by atoms with Gasteiger partial charge >= 0.3 is 93.4 Å². The third kappa shape index (κ3) is 5.40. The maximum Gasteiger partial charge on any atom is -0.870 e. The zero-order chi connectivity index (χ0) is 10.7. The second-order valence-corrected chi connectivity index (χ2v) is 4.52. The molecule has 100 valence electrons. The number of hydrogen-bond donors (Lipinski definition) is 0. The van der Waals surface area contributed by atoms with Crippen LogP contribution >= 0.6 is 12.4 Å². The van der Waals surface area contributed by atoms with Crippen LogP contribution in [0.4, 0.5) is 0 Å². The summed E-state index contributed by atoms with van der Waals surface area (Å²) in [6.45, 7) is 4.79. The van der Waals surface area contributed by atoms with Gasteiger partial charge in [-0.2, -0.15) is 0 Å². The number of rotatable bonds is 3. The van der Waals surface area contributed by atoms with Crippen LogP contribution in [0.1, 0.15) is 25.3 Å². The topological polar surface area (TPSA) is 63.2 Å². The third-order valence-electron chi connectivity index (χ3n) is 3.36. The predicted molar refractivity (Wildman–Crippen MR) is 76.9 cm³/mol. The Labute approximate surface area is 117 Å². The number of nitrogens with zero attached hydrogens (tertiary/aromatic N) is 1. The van der Waals surface area contributed by atoms with Crippen LogP contribution in [0.5, 0.6) is 0 Å². The van der Waals surface area contributed by atoms with Gasteiger partial charge in [-0.25, -0.2) is 0 Å². The summed E-state index contributed by atoms with van der Waals surface area (Å²) < 4.78 is 0. The fraction of sp³-hybridized carbons (Fsp3) is 0.538. The van der Waals surface area contributed by atoms with E-state index in [1.807, 2.05) is 12.1 Å². The molecule has 0 saturated carbocycles. The van der Waals surface area contributed by atoms with Crippen molar-refractivity contribution in [3.05, 3.63) is 29.8 Å². The molecule has 0 aliphatic carbocycles. The van der Waals surface area contributed by atoms with Gasteiger partial charge in [0, 0.05) is 0 Å². The first-order valence-electron chi connectivity index (χ1n) is 5.84. The van der Waals surface area contributed by atoms with Crippen LogP contribution < -0.4 is 5.46 Å². The molecular formula is C13H21BClNO2. The molecule has 3 nitrogen and oxygen atoms in total. The first kappa shape index (κ1) is 19.8. The molecule has 1 heterocycles. The average molecular weight is 270 g/mol. The summed E-state index contributed by atoms with van der Waals surface area (Å²) in [6.07, 6.45) is 3.87. The quantitative estimate of drug-likeness (QED) is 0.783. The summed E-state index contributed by atoms with van der Waals surface area (Å²) in [5.74, 6) is 0. The molecule has 0 amide bonds. The van der Waals surface area contributed by atoms with Crippen molar-refractivity contribution in [1.82, 2.24) is 4.90 Å². The summed E-state index contributed by atoms with van der Waals surface area (Å²) >= 11 is 0. The summed E-state index contributed by atoms with van der Waals surface area (Å²) in [5.41, 5.74) is 2.25. The summed E-state index contributed by atoms with van der Waals surface area (Å²) in [7, 11) is 5.66. The molecule has 0 radical (unpaired) electrons. The van der Waals surface area contributed by atoms with Crippen LogP contribution in [-0.4, -0.2) is 42.8 Å². The Balaban J connectivity index is 0. The van der Waals surface area contributed by atoms with Gasteiger partial charge in [0.2, 0.25) is 0 Å². The van der Waals surface area contributed by atoms with E-state index in [9.17, 15) is 0 Å². The van der Waals surface area contributed by atoms with Gasteiger partial charge < -0.3 is 11.0 Å². The smallest absolute Gasteiger partial charge is 0.870 e. The monoisotopic (exact) mass is 269 g/mol. The standard InChI is InChI=1S/C13H18BN.ClH.2H2O/c1-11-3-2-9-15(11)10-8-12-4-6-13(14)7-5-12;;;/h4-7,11H,2-3,8-10H2,1H3;1H;2*1H2/q+2;;;/p-2/t11-;;;/m1.../s1. The van der Waals surface area contributed by atoms with Crippen molar-refractivity contribution < 1.29 is 11.0 Å². The fourth-order valence-corrected chi connectivity index (χ4v) is 2.28. The average Bonchev–Trinajstić information content (AvgIpc) is 2.63. The Morgan fingerprint density at radius 2 is 1.83 bits per heavy atom. The largest absolute Gasteiger partial charge is 0.870 e. The van der Waals surface area contributed by atoms with Gasteiger partial charge in [0.05, 0.1) is 0 Å². The molecule has 0 unspecified atom stereocenters. The summed E-state index contributed by atoms with van der Waals surface area (Å²) in [6, 6.07) is 9.02. The Bertz CT molecular complexity index is 321.